The maximum Gasteiger partial charge on any atom is 0.278 e. The lowest BCUT2D eigenvalue weighted by Crippen LogP contribution is -1.94. The lowest BCUT2D eigenvalue weighted by molar-refractivity contribution is -0.385. The van der Waals surface area contributed by atoms with Gasteiger partial charge in [-0.3, -0.25) is 10.1 Å². The third kappa shape index (κ3) is 2.16. The zero-order chi connectivity index (χ0) is 9.84. The third-order valence-electron chi connectivity index (χ3n) is 1.38. The van der Waals surface area contributed by atoms with Crippen LogP contribution in [0.2, 0.25) is 5.02 Å². The molecule has 0 saturated carbocycles. The average Bonchev–Trinajstić information content (AvgIpc) is 2.04. The summed E-state index contributed by atoms with van der Waals surface area (Å²) in [5.41, 5.74) is 0.0159. The monoisotopic (exact) mass is 200 g/mol. The van der Waals surface area contributed by atoms with Gasteiger partial charge in [-0.1, -0.05) is 16.8 Å². The summed E-state index contributed by atoms with van der Waals surface area (Å²) >= 11 is 5.59. The molecule has 0 aliphatic carbocycles. The van der Waals surface area contributed by atoms with Crippen LogP contribution in [-0.2, 0) is 0 Å². The first-order chi connectivity index (χ1) is 6.15. The van der Waals surface area contributed by atoms with Crippen molar-refractivity contribution in [2.24, 2.45) is 5.16 Å². The Kier molecular flexibility index (Phi) is 2.81. The number of nitro benzene ring substituents is 1. The minimum Gasteiger partial charge on any atom is -0.411 e. The predicted molar refractivity (Wildman–Crippen MR) is 47.5 cm³/mol. The molecule has 0 fully saturated rings. The van der Waals surface area contributed by atoms with Gasteiger partial charge < -0.3 is 5.21 Å². The highest BCUT2D eigenvalue weighted by atomic mass is 35.5. The second kappa shape index (κ2) is 3.86. The molecule has 0 aliphatic rings. The van der Waals surface area contributed by atoms with Crippen LogP contribution in [0.4, 0.5) is 5.69 Å². The molecule has 0 bridgehead atoms. The topological polar surface area (TPSA) is 75.7 Å². The minimum atomic E-state index is -0.576. The second-order valence-electron chi connectivity index (χ2n) is 2.20. The number of hydrogen-bond acceptors (Lipinski definition) is 4. The van der Waals surface area contributed by atoms with Crippen LogP contribution in [0.15, 0.2) is 23.4 Å². The molecule has 5 nitrogen and oxygen atoms in total. The minimum absolute atomic E-state index is 0.151. The van der Waals surface area contributed by atoms with Gasteiger partial charge >= 0.3 is 0 Å². The first kappa shape index (κ1) is 9.47. The fourth-order valence-corrected chi connectivity index (χ4v) is 1.04. The molecule has 1 N–H and O–H groups in total. The molecular weight excluding hydrogens is 196 g/mol. The molecule has 0 aromatic heterocycles. The Hall–Kier alpha value is -1.62. The van der Waals surface area contributed by atoms with Gasteiger partial charge in [0.15, 0.2) is 0 Å². The zero-order valence-corrected chi connectivity index (χ0v) is 7.10. The van der Waals surface area contributed by atoms with E-state index in [2.05, 4.69) is 5.16 Å². The Morgan fingerprint density at radius 3 is 2.85 bits per heavy atom. The van der Waals surface area contributed by atoms with Crippen molar-refractivity contribution >= 4 is 23.5 Å². The van der Waals surface area contributed by atoms with Gasteiger partial charge in [-0.15, -0.1) is 0 Å². The van der Waals surface area contributed by atoms with Crippen LogP contribution in [0.1, 0.15) is 5.56 Å². The van der Waals surface area contributed by atoms with Crippen LogP contribution in [0.5, 0.6) is 0 Å². The van der Waals surface area contributed by atoms with Crippen molar-refractivity contribution < 1.29 is 10.1 Å². The van der Waals surface area contributed by atoms with Crippen LogP contribution in [0.3, 0.4) is 0 Å². The molecular formula is C7H5ClN2O3. The van der Waals surface area contributed by atoms with Crippen molar-refractivity contribution in [2.75, 3.05) is 0 Å². The van der Waals surface area contributed by atoms with Crippen LogP contribution in [0, 0.1) is 10.1 Å². The maximum atomic E-state index is 10.4. The van der Waals surface area contributed by atoms with Crippen LogP contribution < -0.4 is 0 Å². The molecule has 0 aliphatic heterocycles. The van der Waals surface area contributed by atoms with E-state index >= 15 is 0 Å². The van der Waals surface area contributed by atoms with Gasteiger partial charge in [-0.05, 0) is 12.1 Å². The Morgan fingerprint density at radius 2 is 2.31 bits per heavy atom. The molecule has 68 valence electrons. The van der Waals surface area contributed by atoms with Crippen molar-refractivity contribution in [2.45, 2.75) is 0 Å². The van der Waals surface area contributed by atoms with E-state index in [0.717, 1.165) is 6.21 Å². The Bertz CT molecular complexity index is 365. The van der Waals surface area contributed by atoms with E-state index < -0.39 is 4.92 Å². The summed E-state index contributed by atoms with van der Waals surface area (Å²) in [7, 11) is 0. The molecule has 0 heterocycles. The van der Waals surface area contributed by atoms with Crippen molar-refractivity contribution in [1.82, 2.24) is 0 Å². The summed E-state index contributed by atoms with van der Waals surface area (Å²) in [6.45, 7) is 0. The number of nitrogens with zero attached hydrogens (tertiary/aromatic N) is 2. The van der Waals surface area contributed by atoms with Crippen molar-refractivity contribution in [3.8, 4) is 0 Å². The Morgan fingerprint density at radius 1 is 1.62 bits per heavy atom. The molecule has 0 unspecified atom stereocenters. The lowest BCUT2D eigenvalue weighted by Gasteiger charge is -1.96. The highest BCUT2D eigenvalue weighted by molar-refractivity contribution is 6.31. The fraction of sp³-hybridized carbons (Fsp3) is 0. The third-order valence-corrected chi connectivity index (χ3v) is 1.62. The molecule has 13 heavy (non-hydrogen) atoms. The van der Waals surface area contributed by atoms with Gasteiger partial charge in [0.1, 0.15) is 0 Å². The second-order valence-corrected chi connectivity index (χ2v) is 2.64. The average molecular weight is 201 g/mol. The summed E-state index contributed by atoms with van der Waals surface area (Å²) in [5, 5.41) is 21.7. The molecule has 1 aromatic rings. The predicted octanol–water partition coefficient (Wildman–Crippen LogP) is 2.06. The molecule has 6 heteroatoms. The number of oxime groups is 1. The van der Waals surface area contributed by atoms with E-state index in [9.17, 15) is 10.1 Å². The molecule has 1 aromatic carbocycles. The standard InChI is InChI=1S/C7H5ClN2O3/c8-6-1-2-7(10(12)13)5(3-6)4-9-11/h1-4,11H/b9-4+. The van der Waals surface area contributed by atoms with Crippen LogP contribution in [-0.4, -0.2) is 16.3 Å². The van der Waals surface area contributed by atoms with E-state index in [-0.39, 0.29) is 11.3 Å². The van der Waals surface area contributed by atoms with Gasteiger partial charge in [-0.2, -0.15) is 0 Å². The highest BCUT2D eigenvalue weighted by Crippen LogP contribution is 2.20. The molecule has 1 rings (SSSR count). The zero-order valence-electron chi connectivity index (χ0n) is 6.35. The number of benzene rings is 1. The van der Waals surface area contributed by atoms with Crippen LogP contribution in [0.25, 0.3) is 0 Å². The molecule has 0 spiro atoms. The first-order valence-corrected chi connectivity index (χ1v) is 3.64. The summed E-state index contributed by atoms with van der Waals surface area (Å²) in [5.74, 6) is 0. The summed E-state index contributed by atoms with van der Waals surface area (Å²) in [6.07, 6.45) is 0.962. The van der Waals surface area contributed by atoms with Crippen molar-refractivity contribution in [3.63, 3.8) is 0 Å². The van der Waals surface area contributed by atoms with Gasteiger partial charge in [0.2, 0.25) is 0 Å². The normalized spacial score (nSPS) is 10.5. The van der Waals surface area contributed by atoms with E-state index in [1.807, 2.05) is 0 Å². The number of halogens is 1. The van der Waals surface area contributed by atoms with Crippen molar-refractivity contribution in [1.29, 1.82) is 0 Å². The van der Waals surface area contributed by atoms with E-state index in [0.29, 0.717) is 5.02 Å². The Balaban J connectivity index is 3.26. The van der Waals surface area contributed by atoms with Gasteiger partial charge in [0, 0.05) is 11.1 Å². The van der Waals surface area contributed by atoms with E-state index in [1.54, 1.807) is 0 Å². The lowest BCUT2D eigenvalue weighted by atomic mass is 10.2. The molecule has 0 atom stereocenters. The van der Waals surface area contributed by atoms with Gasteiger partial charge in [0.05, 0.1) is 16.7 Å². The number of nitro groups is 1. The number of rotatable bonds is 2. The summed E-state index contributed by atoms with van der Waals surface area (Å²) in [4.78, 5) is 9.85. The maximum absolute atomic E-state index is 10.4. The van der Waals surface area contributed by atoms with Gasteiger partial charge in [-0.25, -0.2) is 0 Å². The van der Waals surface area contributed by atoms with Crippen molar-refractivity contribution in [3.05, 3.63) is 38.9 Å². The van der Waals surface area contributed by atoms with E-state index in [1.165, 1.54) is 18.2 Å². The molecule has 0 radical (unpaired) electrons. The first-order valence-electron chi connectivity index (χ1n) is 3.26. The highest BCUT2D eigenvalue weighted by Gasteiger charge is 2.11. The largest absolute Gasteiger partial charge is 0.411 e. The fourth-order valence-electron chi connectivity index (χ4n) is 0.857. The molecule has 0 saturated heterocycles. The number of hydrogen-bond donors (Lipinski definition) is 1. The smallest absolute Gasteiger partial charge is 0.278 e. The summed E-state index contributed by atoms with van der Waals surface area (Å²) in [6, 6.07) is 3.99. The Labute approximate surface area is 78.4 Å². The van der Waals surface area contributed by atoms with Gasteiger partial charge in [0.25, 0.3) is 5.69 Å². The van der Waals surface area contributed by atoms with Crippen LogP contribution >= 0.6 is 11.6 Å². The quantitative estimate of drug-likeness (QED) is 0.344. The summed E-state index contributed by atoms with van der Waals surface area (Å²) < 4.78 is 0. The molecule has 0 amide bonds. The SMILES string of the molecule is O=[N+]([O-])c1ccc(Cl)cc1/C=N/O. The van der Waals surface area contributed by atoms with E-state index in [4.69, 9.17) is 16.8 Å².